The summed E-state index contributed by atoms with van der Waals surface area (Å²) in [6.45, 7) is 0. The molecule has 0 bridgehead atoms. The molecule has 0 aromatic carbocycles. The van der Waals surface area contributed by atoms with Crippen molar-refractivity contribution in [2.24, 2.45) is 0 Å². The number of hydrogen-bond donors (Lipinski definition) is 1. The Hall–Kier alpha value is -1.06. The predicted molar refractivity (Wildman–Crippen MR) is 40.0 cm³/mol. The van der Waals surface area contributed by atoms with Gasteiger partial charge in [-0.05, 0) is 12.1 Å². The van der Waals surface area contributed by atoms with E-state index in [4.69, 9.17) is 10.4 Å². The van der Waals surface area contributed by atoms with E-state index in [0.717, 1.165) is 6.07 Å². The normalized spacial score (nSPS) is 13.8. The smallest absolute Gasteiger partial charge is 0.379 e. The minimum absolute atomic E-state index is 0.151. The van der Waals surface area contributed by atoms with Crippen LogP contribution in [0.5, 0.6) is 0 Å². The van der Waals surface area contributed by atoms with Crippen LogP contribution in [0.3, 0.4) is 0 Å². The van der Waals surface area contributed by atoms with Crippen molar-refractivity contribution < 1.29 is 18.3 Å². The third-order valence-electron chi connectivity index (χ3n) is 1.32. The number of nitriles is 1. The molecule has 1 rings (SSSR count). The summed E-state index contributed by atoms with van der Waals surface area (Å²) in [7, 11) is 0. The quantitative estimate of drug-likeness (QED) is 0.767. The first kappa shape index (κ1) is 10.0. The molecule has 1 aromatic heterocycles. The molecule has 70 valence electrons. The van der Waals surface area contributed by atoms with Crippen LogP contribution in [0.25, 0.3) is 0 Å². The first-order valence-corrected chi connectivity index (χ1v) is 4.01. The Kier molecular flexibility index (Phi) is 2.59. The Morgan fingerprint density at radius 2 is 2.08 bits per heavy atom. The van der Waals surface area contributed by atoms with Crippen LogP contribution in [0.4, 0.5) is 13.2 Å². The summed E-state index contributed by atoms with van der Waals surface area (Å²) in [5.74, 6) is 0. The van der Waals surface area contributed by atoms with Gasteiger partial charge in [-0.25, -0.2) is 0 Å². The molecule has 0 amide bonds. The topological polar surface area (TPSA) is 44.0 Å². The van der Waals surface area contributed by atoms with Crippen LogP contribution in [0, 0.1) is 11.3 Å². The second kappa shape index (κ2) is 3.36. The molecule has 13 heavy (non-hydrogen) atoms. The lowest BCUT2D eigenvalue weighted by molar-refractivity contribution is -0.205. The van der Waals surface area contributed by atoms with Gasteiger partial charge in [0.25, 0.3) is 0 Å². The van der Waals surface area contributed by atoms with Gasteiger partial charge in [0.05, 0.1) is 0 Å². The summed E-state index contributed by atoms with van der Waals surface area (Å²) in [6, 6.07) is 4.04. The van der Waals surface area contributed by atoms with Crippen molar-refractivity contribution in [1.82, 2.24) is 0 Å². The Morgan fingerprint density at radius 3 is 2.46 bits per heavy atom. The van der Waals surface area contributed by atoms with E-state index in [2.05, 4.69) is 0 Å². The highest BCUT2D eigenvalue weighted by molar-refractivity contribution is 7.12. The van der Waals surface area contributed by atoms with Crippen LogP contribution in [0.15, 0.2) is 12.1 Å². The zero-order valence-corrected chi connectivity index (χ0v) is 6.99. The Bertz CT molecular complexity index is 338. The second-order valence-electron chi connectivity index (χ2n) is 2.26. The minimum atomic E-state index is -4.67. The summed E-state index contributed by atoms with van der Waals surface area (Å²) in [6.07, 6.45) is -7.16. The maximum atomic E-state index is 11.9. The third-order valence-corrected chi connectivity index (χ3v) is 2.36. The molecule has 1 heterocycles. The fourth-order valence-corrected chi connectivity index (χ4v) is 1.54. The number of halogens is 3. The Balaban J connectivity index is 2.91. The molecular formula is C7H4F3NOS. The largest absolute Gasteiger partial charge is 0.419 e. The molecule has 0 aliphatic carbocycles. The standard InChI is InChI=1S/C7H4F3NOS/c8-7(9,10)6(12)5-2-1-4(3-11)13-5/h1-2,6,12H/t6-/m1/s1. The van der Waals surface area contributed by atoms with Crippen molar-refractivity contribution in [3.8, 4) is 6.07 Å². The summed E-state index contributed by atoms with van der Waals surface area (Å²) in [5.41, 5.74) is 0. The van der Waals surface area contributed by atoms with Gasteiger partial charge in [-0.3, -0.25) is 0 Å². The molecule has 0 aliphatic heterocycles. The minimum Gasteiger partial charge on any atom is -0.379 e. The van der Waals surface area contributed by atoms with Crippen LogP contribution in [-0.2, 0) is 0 Å². The van der Waals surface area contributed by atoms with E-state index in [-0.39, 0.29) is 9.75 Å². The SMILES string of the molecule is N#Cc1ccc([C@@H](O)C(F)(F)F)s1. The molecule has 0 fully saturated rings. The summed E-state index contributed by atoms with van der Waals surface area (Å²) < 4.78 is 35.8. The highest BCUT2D eigenvalue weighted by atomic mass is 32.1. The molecule has 0 unspecified atom stereocenters. The molecule has 0 saturated carbocycles. The molecule has 0 spiro atoms. The molecule has 1 atom stereocenters. The first-order valence-electron chi connectivity index (χ1n) is 3.20. The van der Waals surface area contributed by atoms with Gasteiger partial charge in [0.2, 0.25) is 0 Å². The Morgan fingerprint density at radius 1 is 1.46 bits per heavy atom. The van der Waals surface area contributed by atoms with E-state index in [1.165, 1.54) is 6.07 Å². The van der Waals surface area contributed by atoms with Gasteiger partial charge in [-0.15, -0.1) is 11.3 Å². The maximum Gasteiger partial charge on any atom is 0.419 e. The van der Waals surface area contributed by atoms with Crippen molar-refractivity contribution in [3.05, 3.63) is 21.9 Å². The number of thiophene rings is 1. The highest BCUT2D eigenvalue weighted by Crippen LogP contribution is 2.35. The maximum absolute atomic E-state index is 11.9. The van der Waals surface area contributed by atoms with E-state index >= 15 is 0 Å². The molecule has 2 nitrogen and oxygen atoms in total. The zero-order valence-electron chi connectivity index (χ0n) is 6.17. The number of nitrogens with zero attached hydrogens (tertiary/aromatic N) is 1. The lowest BCUT2D eigenvalue weighted by Crippen LogP contribution is -2.18. The van der Waals surface area contributed by atoms with Crippen LogP contribution in [0.1, 0.15) is 15.9 Å². The molecule has 0 aliphatic rings. The van der Waals surface area contributed by atoms with E-state index < -0.39 is 12.3 Å². The van der Waals surface area contributed by atoms with Gasteiger partial charge in [-0.2, -0.15) is 18.4 Å². The molecular weight excluding hydrogens is 203 g/mol. The Labute approximate surface area is 75.9 Å². The first-order chi connectivity index (χ1) is 5.95. The van der Waals surface area contributed by atoms with Gasteiger partial charge < -0.3 is 5.11 Å². The fraction of sp³-hybridized carbons (Fsp3) is 0.286. The van der Waals surface area contributed by atoms with E-state index in [1.807, 2.05) is 0 Å². The van der Waals surface area contributed by atoms with Gasteiger partial charge in [-0.1, -0.05) is 0 Å². The van der Waals surface area contributed by atoms with Crippen molar-refractivity contribution in [2.75, 3.05) is 0 Å². The number of aliphatic hydroxyl groups is 1. The van der Waals surface area contributed by atoms with Gasteiger partial charge in [0.1, 0.15) is 10.9 Å². The summed E-state index contributed by atoms with van der Waals surface area (Å²) in [4.78, 5) is -0.109. The summed E-state index contributed by atoms with van der Waals surface area (Å²) >= 11 is 0.637. The fourth-order valence-electron chi connectivity index (χ4n) is 0.721. The van der Waals surface area contributed by atoms with Crippen molar-refractivity contribution in [1.29, 1.82) is 5.26 Å². The van der Waals surface area contributed by atoms with Crippen LogP contribution in [0.2, 0.25) is 0 Å². The van der Waals surface area contributed by atoms with Crippen LogP contribution >= 0.6 is 11.3 Å². The summed E-state index contributed by atoms with van der Waals surface area (Å²) in [5, 5.41) is 17.1. The second-order valence-corrected chi connectivity index (χ2v) is 3.37. The number of alkyl halides is 3. The molecule has 1 aromatic rings. The average Bonchev–Trinajstić information content (AvgIpc) is 2.48. The van der Waals surface area contributed by atoms with Crippen molar-refractivity contribution >= 4 is 11.3 Å². The lowest BCUT2D eigenvalue weighted by atomic mass is 10.3. The zero-order chi connectivity index (χ0) is 10.1. The van der Waals surface area contributed by atoms with E-state index in [1.54, 1.807) is 6.07 Å². The molecule has 1 N–H and O–H groups in total. The van der Waals surface area contributed by atoms with Crippen LogP contribution < -0.4 is 0 Å². The highest BCUT2D eigenvalue weighted by Gasteiger charge is 2.40. The van der Waals surface area contributed by atoms with E-state index in [0.29, 0.717) is 11.3 Å². The molecule has 0 saturated heterocycles. The predicted octanol–water partition coefficient (Wildman–Crippen LogP) is 2.22. The van der Waals surface area contributed by atoms with Gasteiger partial charge in [0.15, 0.2) is 6.10 Å². The lowest BCUT2D eigenvalue weighted by Gasteiger charge is -2.11. The van der Waals surface area contributed by atoms with Crippen molar-refractivity contribution in [2.45, 2.75) is 12.3 Å². The van der Waals surface area contributed by atoms with E-state index in [9.17, 15) is 13.2 Å². The van der Waals surface area contributed by atoms with Gasteiger partial charge >= 0.3 is 6.18 Å². The molecule has 6 heteroatoms. The number of aliphatic hydroxyl groups excluding tert-OH is 1. The average molecular weight is 207 g/mol. The number of rotatable bonds is 1. The number of hydrogen-bond acceptors (Lipinski definition) is 3. The molecule has 0 radical (unpaired) electrons. The monoisotopic (exact) mass is 207 g/mol. The van der Waals surface area contributed by atoms with Crippen LogP contribution in [-0.4, -0.2) is 11.3 Å². The third kappa shape index (κ3) is 2.20. The van der Waals surface area contributed by atoms with Gasteiger partial charge in [0, 0.05) is 4.88 Å². The van der Waals surface area contributed by atoms with Crippen molar-refractivity contribution in [3.63, 3.8) is 0 Å².